The van der Waals surface area contributed by atoms with Crippen LogP contribution < -0.4 is 4.74 Å². The lowest BCUT2D eigenvalue weighted by Gasteiger charge is -2.52. The summed E-state index contributed by atoms with van der Waals surface area (Å²) in [6.07, 6.45) is 4.84. The first-order valence-corrected chi connectivity index (χ1v) is 8.79. The van der Waals surface area contributed by atoms with E-state index in [2.05, 4.69) is 4.98 Å². The highest BCUT2D eigenvalue weighted by Crippen LogP contribution is 2.40. The van der Waals surface area contributed by atoms with Gasteiger partial charge in [0.05, 0.1) is 24.3 Å². The molecular formula is C20H22N2O3. The minimum Gasteiger partial charge on any atom is -0.473 e. The van der Waals surface area contributed by atoms with Crippen LogP contribution >= 0.6 is 0 Å². The predicted molar refractivity (Wildman–Crippen MR) is 93.4 cm³/mol. The molecule has 4 rings (SSSR count). The number of aromatic nitrogens is 1. The van der Waals surface area contributed by atoms with E-state index in [0.29, 0.717) is 37.8 Å². The average Bonchev–Trinajstić information content (AvgIpc) is 2.66. The fourth-order valence-electron chi connectivity index (χ4n) is 3.53. The summed E-state index contributed by atoms with van der Waals surface area (Å²) in [5.74, 6) is 0.575. The number of nitrogens with zero attached hydrogens (tertiary/aromatic N) is 2. The van der Waals surface area contributed by atoms with Crippen molar-refractivity contribution in [2.75, 3.05) is 19.8 Å². The van der Waals surface area contributed by atoms with E-state index in [9.17, 15) is 4.79 Å². The molecule has 0 radical (unpaired) electrons. The Morgan fingerprint density at radius 3 is 2.72 bits per heavy atom. The van der Waals surface area contributed by atoms with Crippen LogP contribution in [0.1, 0.15) is 35.2 Å². The fourth-order valence-corrected chi connectivity index (χ4v) is 3.53. The summed E-state index contributed by atoms with van der Waals surface area (Å²) in [6, 6.07) is 13.5. The van der Waals surface area contributed by atoms with Crippen LogP contribution in [-0.4, -0.2) is 41.1 Å². The minimum absolute atomic E-state index is 0.0464. The molecule has 1 amide bonds. The summed E-state index contributed by atoms with van der Waals surface area (Å²) in [6.45, 7) is 2.39. The molecule has 25 heavy (non-hydrogen) atoms. The zero-order valence-electron chi connectivity index (χ0n) is 14.2. The normalized spacial score (nSPS) is 18.6. The Hall–Kier alpha value is -2.40. The van der Waals surface area contributed by atoms with Gasteiger partial charge in [-0.1, -0.05) is 30.3 Å². The van der Waals surface area contributed by atoms with Crippen molar-refractivity contribution in [2.24, 2.45) is 0 Å². The fraction of sp³-hybridized carbons (Fsp3) is 0.400. The van der Waals surface area contributed by atoms with Gasteiger partial charge in [0, 0.05) is 18.8 Å². The van der Waals surface area contributed by atoms with E-state index < -0.39 is 0 Å². The molecule has 2 aliphatic rings. The zero-order chi connectivity index (χ0) is 17.1. The molecule has 1 spiro atoms. The molecule has 1 aromatic carbocycles. The quantitative estimate of drug-likeness (QED) is 0.860. The largest absolute Gasteiger partial charge is 0.473 e. The Balaban J connectivity index is 1.42. The molecule has 2 heterocycles. The van der Waals surface area contributed by atoms with E-state index in [4.69, 9.17) is 9.47 Å². The summed E-state index contributed by atoms with van der Waals surface area (Å²) in [7, 11) is 0. The van der Waals surface area contributed by atoms with E-state index in [1.54, 1.807) is 18.3 Å². The lowest BCUT2D eigenvalue weighted by molar-refractivity contribution is -0.0877. The van der Waals surface area contributed by atoms with Gasteiger partial charge in [-0.2, -0.15) is 0 Å². The van der Waals surface area contributed by atoms with Crippen molar-refractivity contribution in [1.29, 1.82) is 0 Å². The van der Waals surface area contributed by atoms with Crippen LogP contribution in [0, 0.1) is 0 Å². The molecule has 1 aromatic heterocycles. The van der Waals surface area contributed by atoms with Gasteiger partial charge in [0.15, 0.2) is 0 Å². The second kappa shape index (κ2) is 6.84. The topological polar surface area (TPSA) is 51.7 Å². The Bertz CT molecular complexity index is 726. The van der Waals surface area contributed by atoms with Crippen LogP contribution in [-0.2, 0) is 11.3 Å². The number of carbonyl (C=O) groups excluding carboxylic acids is 1. The maximum Gasteiger partial charge on any atom is 0.256 e. The first kappa shape index (κ1) is 16.1. The molecule has 1 saturated heterocycles. The summed E-state index contributed by atoms with van der Waals surface area (Å²) in [5, 5.41) is 0. The van der Waals surface area contributed by atoms with Crippen LogP contribution in [0.25, 0.3) is 0 Å². The molecule has 1 aliphatic heterocycles. The molecule has 130 valence electrons. The summed E-state index contributed by atoms with van der Waals surface area (Å²) < 4.78 is 11.3. The van der Waals surface area contributed by atoms with Gasteiger partial charge in [0.1, 0.15) is 6.61 Å². The Labute approximate surface area is 147 Å². The molecule has 0 N–H and O–H groups in total. The van der Waals surface area contributed by atoms with Crippen molar-refractivity contribution in [3.05, 3.63) is 59.8 Å². The number of morpholine rings is 1. The first-order valence-electron chi connectivity index (χ1n) is 8.79. The molecule has 0 atom stereocenters. The zero-order valence-corrected chi connectivity index (χ0v) is 14.2. The van der Waals surface area contributed by atoms with E-state index in [-0.39, 0.29) is 11.4 Å². The van der Waals surface area contributed by atoms with Gasteiger partial charge in [-0.25, -0.2) is 4.98 Å². The average molecular weight is 338 g/mol. The standard InChI is InChI=1S/C20H22N2O3/c23-19(22-11-12-24-15-20(22)9-4-10-20)17-7-8-18(21-13-17)25-14-16-5-2-1-3-6-16/h1-3,5-8,13H,4,9-12,14-15H2. The number of hydrogen-bond acceptors (Lipinski definition) is 4. The number of pyridine rings is 1. The van der Waals surface area contributed by atoms with E-state index >= 15 is 0 Å². The molecule has 1 saturated carbocycles. The second-order valence-electron chi connectivity index (χ2n) is 6.75. The van der Waals surface area contributed by atoms with Crippen molar-refractivity contribution in [3.8, 4) is 5.88 Å². The molecule has 2 fully saturated rings. The number of amides is 1. The third kappa shape index (κ3) is 3.24. The molecule has 0 unspecified atom stereocenters. The third-order valence-electron chi connectivity index (χ3n) is 5.14. The van der Waals surface area contributed by atoms with Crippen LogP contribution in [0.15, 0.2) is 48.7 Å². The molecule has 2 aromatic rings. The lowest BCUT2D eigenvalue weighted by atomic mass is 9.75. The number of benzene rings is 1. The maximum absolute atomic E-state index is 12.9. The van der Waals surface area contributed by atoms with E-state index in [1.807, 2.05) is 35.2 Å². The molecule has 0 bridgehead atoms. The van der Waals surface area contributed by atoms with Crippen LogP contribution in [0.5, 0.6) is 5.88 Å². The van der Waals surface area contributed by atoms with Gasteiger partial charge in [-0.05, 0) is 30.9 Å². The Morgan fingerprint density at radius 1 is 1.20 bits per heavy atom. The van der Waals surface area contributed by atoms with Crippen molar-refractivity contribution < 1.29 is 14.3 Å². The highest BCUT2D eigenvalue weighted by Gasteiger charge is 2.47. The highest BCUT2D eigenvalue weighted by molar-refractivity contribution is 5.94. The first-order chi connectivity index (χ1) is 12.3. The monoisotopic (exact) mass is 338 g/mol. The minimum atomic E-state index is -0.0855. The van der Waals surface area contributed by atoms with E-state index in [0.717, 1.165) is 24.8 Å². The molecule has 5 nitrogen and oxygen atoms in total. The number of rotatable bonds is 4. The van der Waals surface area contributed by atoms with Crippen molar-refractivity contribution in [1.82, 2.24) is 9.88 Å². The van der Waals surface area contributed by atoms with E-state index in [1.165, 1.54) is 0 Å². The van der Waals surface area contributed by atoms with Crippen molar-refractivity contribution in [3.63, 3.8) is 0 Å². The van der Waals surface area contributed by atoms with Crippen LogP contribution in [0.4, 0.5) is 0 Å². The molecule has 1 aliphatic carbocycles. The van der Waals surface area contributed by atoms with Crippen LogP contribution in [0.3, 0.4) is 0 Å². The predicted octanol–water partition coefficient (Wildman–Crippen LogP) is 3.06. The smallest absolute Gasteiger partial charge is 0.256 e. The van der Waals surface area contributed by atoms with Gasteiger partial charge in [-0.3, -0.25) is 4.79 Å². The van der Waals surface area contributed by atoms with Gasteiger partial charge < -0.3 is 14.4 Å². The Kier molecular flexibility index (Phi) is 4.40. The van der Waals surface area contributed by atoms with Crippen LogP contribution in [0.2, 0.25) is 0 Å². The van der Waals surface area contributed by atoms with Gasteiger partial charge in [-0.15, -0.1) is 0 Å². The van der Waals surface area contributed by atoms with Gasteiger partial charge >= 0.3 is 0 Å². The molecular weight excluding hydrogens is 316 g/mol. The van der Waals surface area contributed by atoms with Crippen molar-refractivity contribution in [2.45, 2.75) is 31.4 Å². The second-order valence-corrected chi connectivity index (χ2v) is 6.75. The summed E-state index contributed by atoms with van der Waals surface area (Å²) in [5.41, 5.74) is 1.61. The summed E-state index contributed by atoms with van der Waals surface area (Å²) >= 11 is 0. The molecule has 5 heteroatoms. The highest BCUT2D eigenvalue weighted by atomic mass is 16.5. The maximum atomic E-state index is 12.9. The number of hydrogen-bond donors (Lipinski definition) is 0. The van der Waals surface area contributed by atoms with Gasteiger partial charge in [0.2, 0.25) is 5.88 Å². The number of carbonyl (C=O) groups is 1. The summed E-state index contributed by atoms with van der Waals surface area (Å²) in [4.78, 5) is 19.2. The number of ether oxygens (including phenoxy) is 2. The van der Waals surface area contributed by atoms with Gasteiger partial charge in [0.25, 0.3) is 5.91 Å². The third-order valence-corrected chi connectivity index (χ3v) is 5.14. The van der Waals surface area contributed by atoms with Crippen molar-refractivity contribution >= 4 is 5.91 Å². The lowest BCUT2D eigenvalue weighted by Crippen LogP contribution is -2.62. The Morgan fingerprint density at radius 2 is 2.04 bits per heavy atom. The SMILES string of the molecule is O=C(c1ccc(OCc2ccccc2)nc1)N1CCOCC12CCC2.